The molecule has 0 radical (unpaired) electrons. The molecular formula is C25H28F3N5O4. The van der Waals surface area contributed by atoms with E-state index in [1.165, 1.54) is 37.2 Å². The summed E-state index contributed by atoms with van der Waals surface area (Å²) in [5, 5.41) is 3.56. The summed E-state index contributed by atoms with van der Waals surface area (Å²) < 4.78 is 53.3. The lowest BCUT2D eigenvalue weighted by molar-refractivity contribution is -0.0602. The number of rotatable bonds is 6. The van der Waals surface area contributed by atoms with E-state index in [4.69, 9.17) is 9.47 Å². The van der Waals surface area contributed by atoms with E-state index < -0.39 is 35.5 Å². The number of carbonyl (C=O) groups excluding carboxylic acids is 1. The standard InChI is InChI=1S/C25H28F3N5O4/c1-14(15-6-5-7-16(19(15)26)20(27)28)31-21-17-12-18(23(34)32(2)22(17)30-13-29-21)25(37-4)8-10-33(11-9-25)24(35)36-3/h5-7,12-14,20H,8-11H2,1-4H3,(H,29,30,31)/t14-/m1/s1. The number of amides is 1. The summed E-state index contributed by atoms with van der Waals surface area (Å²) >= 11 is 0. The SMILES string of the molecule is COC(=O)N1CCC(OC)(c2cc3c(N[C@H](C)c4cccc(C(F)F)c4F)ncnc3n(C)c2=O)CC1. The zero-order valence-electron chi connectivity index (χ0n) is 20.9. The Kier molecular flexibility index (Phi) is 7.39. The van der Waals surface area contributed by atoms with Crippen molar-refractivity contribution in [2.45, 2.75) is 37.8 Å². The quantitative estimate of drug-likeness (QED) is 0.519. The topological polar surface area (TPSA) is 98.6 Å². The minimum atomic E-state index is -2.94. The van der Waals surface area contributed by atoms with E-state index in [1.54, 1.807) is 24.9 Å². The molecule has 3 aromatic rings. The number of benzene rings is 1. The third-order valence-electron chi connectivity index (χ3n) is 7.00. The molecule has 9 nitrogen and oxygen atoms in total. The van der Waals surface area contributed by atoms with Crippen molar-refractivity contribution in [3.63, 3.8) is 0 Å². The molecule has 1 atom stereocenters. The first-order valence-corrected chi connectivity index (χ1v) is 11.7. The Morgan fingerprint density at radius 2 is 1.84 bits per heavy atom. The normalized spacial score (nSPS) is 16.2. The summed E-state index contributed by atoms with van der Waals surface area (Å²) in [5.41, 5.74) is -1.20. The number of hydrogen-bond donors (Lipinski definition) is 1. The third kappa shape index (κ3) is 4.73. The summed E-state index contributed by atoms with van der Waals surface area (Å²) in [5.74, 6) is -0.686. The predicted octanol–water partition coefficient (Wildman–Crippen LogP) is 4.28. The Balaban J connectivity index is 1.75. The molecule has 1 aliphatic heterocycles. The van der Waals surface area contributed by atoms with Crippen molar-refractivity contribution in [2.24, 2.45) is 7.05 Å². The molecule has 0 unspecified atom stereocenters. The fraction of sp³-hybridized carbons (Fsp3) is 0.440. The van der Waals surface area contributed by atoms with Crippen LogP contribution in [0.3, 0.4) is 0 Å². The lowest BCUT2D eigenvalue weighted by Gasteiger charge is -2.40. The molecule has 2 aromatic heterocycles. The summed E-state index contributed by atoms with van der Waals surface area (Å²) in [6.45, 7) is 2.29. The number of hydrogen-bond acceptors (Lipinski definition) is 7. The number of nitrogens with one attached hydrogen (secondary N) is 1. The lowest BCUT2D eigenvalue weighted by atomic mass is 9.84. The van der Waals surface area contributed by atoms with E-state index in [-0.39, 0.29) is 11.1 Å². The number of likely N-dealkylation sites (tertiary alicyclic amines) is 1. The number of fused-ring (bicyclic) bond motifs is 1. The van der Waals surface area contributed by atoms with Crippen LogP contribution in [0.15, 0.2) is 35.4 Å². The van der Waals surface area contributed by atoms with Crippen molar-refractivity contribution in [1.82, 2.24) is 19.4 Å². The highest BCUT2D eigenvalue weighted by molar-refractivity contribution is 5.87. The molecular weight excluding hydrogens is 491 g/mol. The minimum absolute atomic E-state index is 0.0538. The van der Waals surface area contributed by atoms with Gasteiger partial charge in [-0.1, -0.05) is 18.2 Å². The average molecular weight is 520 g/mol. The van der Waals surface area contributed by atoms with Crippen LogP contribution in [0.4, 0.5) is 23.8 Å². The molecule has 1 amide bonds. The molecule has 0 aliphatic carbocycles. The highest BCUT2D eigenvalue weighted by Gasteiger charge is 2.40. The molecule has 12 heteroatoms. The molecule has 0 saturated carbocycles. The van der Waals surface area contributed by atoms with Crippen LogP contribution in [-0.2, 0) is 22.1 Å². The summed E-state index contributed by atoms with van der Waals surface area (Å²) in [6.07, 6.45) is -1.41. The Morgan fingerprint density at radius 3 is 2.46 bits per heavy atom. The number of nitrogens with zero attached hydrogens (tertiary/aromatic N) is 4. The highest BCUT2D eigenvalue weighted by Crippen LogP contribution is 2.37. The van der Waals surface area contributed by atoms with Crippen LogP contribution in [0.5, 0.6) is 0 Å². The van der Waals surface area contributed by atoms with Gasteiger partial charge < -0.3 is 19.7 Å². The van der Waals surface area contributed by atoms with Crippen molar-refractivity contribution >= 4 is 22.9 Å². The van der Waals surface area contributed by atoms with Crippen LogP contribution in [-0.4, -0.2) is 52.8 Å². The summed E-state index contributed by atoms with van der Waals surface area (Å²) in [4.78, 5) is 35.4. The molecule has 1 aromatic carbocycles. The van der Waals surface area contributed by atoms with Crippen LogP contribution in [0, 0.1) is 5.82 Å². The molecule has 198 valence electrons. The molecule has 37 heavy (non-hydrogen) atoms. The van der Waals surface area contributed by atoms with Crippen molar-refractivity contribution < 1.29 is 27.4 Å². The van der Waals surface area contributed by atoms with E-state index in [1.807, 2.05) is 0 Å². The van der Waals surface area contributed by atoms with Gasteiger partial charge in [0.1, 0.15) is 29.2 Å². The first-order chi connectivity index (χ1) is 17.6. The zero-order valence-corrected chi connectivity index (χ0v) is 20.9. The van der Waals surface area contributed by atoms with Crippen molar-refractivity contribution in [3.05, 3.63) is 63.5 Å². The van der Waals surface area contributed by atoms with Gasteiger partial charge in [0.25, 0.3) is 12.0 Å². The van der Waals surface area contributed by atoms with Crippen LogP contribution in [0.1, 0.15) is 48.9 Å². The highest BCUT2D eigenvalue weighted by atomic mass is 19.3. The van der Waals surface area contributed by atoms with E-state index in [9.17, 15) is 22.8 Å². The average Bonchev–Trinajstić information content (AvgIpc) is 2.90. The molecule has 1 saturated heterocycles. The van der Waals surface area contributed by atoms with Gasteiger partial charge in [-0.2, -0.15) is 0 Å². The van der Waals surface area contributed by atoms with E-state index >= 15 is 0 Å². The maximum atomic E-state index is 14.8. The van der Waals surface area contributed by atoms with Crippen LogP contribution >= 0.6 is 0 Å². The molecule has 3 heterocycles. The van der Waals surface area contributed by atoms with Gasteiger partial charge in [-0.15, -0.1) is 0 Å². The fourth-order valence-electron chi connectivity index (χ4n) is 4.83. The molecule has 4 rings (SSSR count). The van der Waals surface area contributed by atoms with Gasteiger partial charge in [0.15, 0.2) is 0 Å². The Bertz CT molecular complexity index is 1370. The molecule has 0 bridgehead atoms. The molecule has 1 aliphatic rings. The van der Waals surface area contributed by atoms with Crippen LogP contribution in [0.25, 0.3) is 11.0 Å². The number of ether oxygens (including phenoxy) is 2. The molecule has 1 fully saturated rings. The number of methoxy groups -OCH3 is 2. The number of piperidine rings is 1. The number of carbonyl (C=O) groups is 1. The zero-order chi connectivity index (χ0) is 26.9. The van der Waals surface area contributed by atoms with Crippen molar-refractivity contribution in [3.8, 4) is 0 Å². The smallest absolute Gasteiger partial charge is 0.409 e. The van der Waals surface area contributed by atoms with Gasteiger partial charge >= 0.3 is 6.09 Å². The fourth-order valence-corrected chi connectivity index (χ4v) is 4.83. The number of alkyl halides is 2. The number of aromatic nitrogens is 3. The molecule has 1 N–H and O–H groups in total. The van der Waals surface area contributed by atoms with E-state index in [0.717, 1.165) is 6.07 Å². The van der Waals surface area contributed by atoms with Crippen molar-refractivity contribution in [2.75, 3.05) is 32.6 Å². The second-order valence-corrected chi connectivity index (χ2v) is 8.95. The first-order valence-electron chi connectivity index (χ1n) is 11.7. The van der Waals surface area contributed by atoms with Gasteiger partial charge in [0.2, 0.25) is 0 Å². The van der Waals surface area contributed by atoms with Gasteiger partial charge in [-0.25, -0.2) is 27.9 Å². The maximum Gasteiger partial charge on any atom is 0.409 e. The molecule has 0 spiro atoms. The monoisotopic (exact) mass is 519 g/mol. The summed E-state index contributed by atoms with van der Waals surface area (Å²) in [6, 6.07) is 4.78. The van der Waals surface area contributed by atoms with Gasteiger partial charge in [0.05, 0.1) is 29.7 Å². The van der Waals surface area contributed by atoms with Crippen molar-refractivity contribution in [1.29, 1.82) is 0 Å². The summed E-state index contributed by atoms with van der Waals surface area (Å²) in [7, 11) is 4.40. The minimum Gasteiger partial charge on any atom is -0.453 e. The maximum absolute atomic E-state index is 14.8. The number of anilines is 1. The first kappa shape index (κ1) is 26.4. The van der Waals surface area contributed by atoms with Crippen LogP contribution < -0.4 is 10.9 Å². The van der Waals surface area contributed by atoms with Gasteiger partial charge in [-0.3, -0.25) is 9.36 Å². The Morgan fingerprint density at radius 1 is 1.16 bits per heavy atom. The Hall–Kier alpha value is -3.67. The van der Waals surface area contributed by atoms with Gasteiger partial charge in [-0.05, 0) is 25.8 Å². The second kappa shape index (κ2) is 10.4. The number of aryl methyl sites for hydroxylation is 1. The van der Waals surface area contributed by atoms with E-state index in [0.29, 0.717) is 48.3 Å². The second-order valence-electron chi connectivity index (χ2n) is 8.95. The Labute approximate surface area is 211 Å². The predicted molar refractivity (Wildman–Crippen MR) is 130 cm³/mol. The van der Waals surface area contributed by atoms with E-state index in [2.05, 4.69) is 15.3 Å². The lowest BCUT2D eigenvalue weighted by Crippen LogP contribution is -2.48. The van der Waals surface area contributed by atoms with Crippen LogP contribution in [0.2, 0.25) is 0 Å². The third-order valence-corrected chi connectivity index (χ3v) is 7.00. The number of pyridine rings is 1. The number of halogens is 3. The largest absolute Gasteiger partial charge is 0.453 e. The van der Waals surface area contributed by atoms with Gasteiger partial charge in [0, 0.05) is 32.8 Å².